The summed E-state index contributed by atoms with van der Waals surface area (Å²) >= 11 is 0. The van der Waals surface area contributed by atoms with E-state index in [9.17, 15) is 14.7 Å². The van der Waals surface area contributed by atoms with E-state index in [1.165, 1.54) is 0 Å². The number of carbonyl (C=O) groups is 2. The molecule has 8 heteroatoms. The van der Waals surface area contributed by atoms with Crippen LogP contribution in [-0.4, -0.2) is 55.8 Å². The van der Waals surface area contributed by atoms with Gasteiger partial charge in [-0.1, -0.05) is 0 Å². The zero-order valence-corrected chi connectivity index (χ0v) is 13.4. The van der Waals surface area contributed by atoms with Gasteiger partial charge in [-0.15, -0.1) is 0 Å². The number of carboxylic acids is 2. The lowest BCUT2D eigenvalue weighted by Gasteiger charge is -2.21. The van der Waals surface area contributed by atoms with Crippen LogP contribution in [0.1, 0.15) is 30.2 Å². The molecule has 0 spiro atoms. The number of nitrogens with one attached hydrogen (secondary N) is 1. The number of aromatic amines is 1. The maximum absolute atomic E-state index is 11.8. The minimum atomic E-state index is -0.941. The number of β-amino-alcohol motifs (C(OH)–C–C–N with tert-alkyl or cyclic N) is 1. The van der Waals surface area contributed by atoms with Crippen molar-refractivity contribution in [2.75, 3.05) is 6.54 Å². The fraction of sp³-hybridized carbons (Fsp3) is 0.533. The molecule has 0 radical (unpaired) electrons. The Morgan fingerprint density at radius 3 is 2.43 bits per heavy atom. The van der Waals surface area contributed by atoms with Crippen molar-refractivity contribution in [1.82, 2.24) is 9.88 Å². The van der Waals surface area contributed by atoms with Crippen molar-refractivity contribution in [3.63, 3.8) is 0 Å². The monoisotopic (exact) mass is 326 g/mol. The van der Waals surface area contributed by atoms with E-state index in [-0.39, 0.29) is 11.8 Å². The summed E-state index contributed by atoms with van der Waals surface area (Å²) < 4.78 is 0. The minimum Gasteiger partial charge on any atom is -0.481 e. The highest BCUT2D eigenvalue weighted by Gasteiger charge is 2.36. The van der Waals surface area contributed by atoms with Gasteiger partial charge in [0.1, 0.15) is 6.04 Å². The molecule has 1 saturated heterocycles. The standard InChI is InChI=1S/C13H18N2O4.C2H4O2/c1-7-4-14-10(8(2)12(7)17)6-15-5-9(16)3-11(15)13(18)19;1-2(3)4/h4,9,11,16H,3,5-6H2,1-2H3,(H,14,17)(H,18,19);1H3,(H,3,4)/t9-,11+;/m1./s1. The number of rotatable bonds is 3. The number of aliphatic hydroxyl groups is 1. The number of aromatic nitrogens is 1. The van der Waals surface area contributed by atoms with Gasteiger partial charge in [-0.2, -0.15) is 0 Å². The van der Waals surface area contributed by atoms with Gasteiger partial charge in [0.05, 0.1) is 6.10 Å². The maximum Gasteiger partial charge on any atom is 0.321 e. The third-order valence-electron chi connectivity index (χ3n) is 3.64. The molecule has 1 aromatic rings. The Kier molecular flexibility index (Phi) is 6.47. The summed E-state index contributed by atoms with van der Waals surface area (Å²) in [4.78, 5) is 36.7. The molecule has 4 N–H and O–H groups in total. The average Bonchev–Trinajstić information content (AvgIpc) is 2.80. The Morgan fingerprint density at radius 2 is 1.91 bits per heavy atom. The molecule has 2 atom stereocenters. The summed E-state index contributed by atoms with van der Waals surface area (Å²) in [6, 6.07) is -0.695. The summed E-state index contributed by atoms with van der Waals surface area (Å²) in [7, 11) is 0. The van der Waals surface area contributed by atoms with Crippen LogP contribution in [0.3, 0.4) is 0 Å². The van der Waals surface area contributed by atoms with E-state index >= 15 is 0 Å². The van der Waals surface area contributed by atoms with Gasteiger partial charge in [-0.25, -0.2) is 0 Å². The van der Waals surface area contributed by atoms with Gasteiger partial charge in [-0.05, 0) is 13.8 Å². The number of likely N-dealkylation sites (tertiary alicyclic amines) is 1. The molecular weight excluding hydrogens is 304 g/mol. The quantitative estimate of drug-likeness (QED) is 0.619. The molecule has 8 nitrogen and oxygen atoms in total. The fourth-order valence-corrected chi connectivity index (χ4v) is 2.48. The van der Waals surface area contributed by atoms with E-state index in [1.807, 2.05) is 0 Å². The van der Waals surface area contributed by atoms with Crippen molar-refractivity contribution >= 4 is 11.9 Å². The molecule has 0 unspecified atom stereocenters. The first-order valence-electron chi connectivity index (χ1n) is 7.15. The first kappa shape index (κ1) is 18.9. The number of hydrogen-bond donors (Lipinski definition) is 4. The molecule has 0 saturated carbocycles. The van der Waals surface area contributed by atoms with E-state index in [2.05, 4.69) is 4.98 Å². The zero-order valence-electron chi connectivity index (χ0n) is 13.4. The Hall–Kier alpha value is -2.19. The molecule has 128 valence electrons. The Balaban J connectivity index is 0.000000593. The molecule has 0 aromatic carbocycles. The van der Waals surface area contributed by atoms with Crippen LogP contribution in [0.2, 0.25) is 0 Å². The normalized spacial score (nSPS) is 20.7. The molecule has 23 heavy (non-hydrogen) atoms. The van der Waals surface area contributed by atoms with Gasteiger partial charge in [0.25, 0.3) is 5.97 Å². The largest absolute Gasteiger partial charge is 0.481 e. The molecule has 2 rings (SSSR count). The minimum absolute atomic E-state index is 0.0274. The molecular formula is C15H22N2O6. The number of hydrogen-bond acceptors (Lipinski definition) is 5. The number of aliphatic hydroxyl groups excluding tert-OH is 1. The third kappa shape index (κ3) is 5.19. The number of aliphatic carboxylic acids is 2. The summed E-state index contributed by atoms with van der Waals surface area (Å²) in [6.45, 7) is 5.18. The second kappa shape index (κ2) is 7.89. The summed E-state index contributed by atoms with van der Waals surface area (Å²) in [5.74, 6) is -1.77. The van der Waals surface area contributed by atoms with Crippen LogP contribution in [0.15, 0.2) is 11.0 Å². The van der Waals surface area contributed by atoms with E-state index in [1.54, 1.807) is 24.9 Å². The van der Waals surface area contributed by atoms with Crippen LogP contribution in [0, 0.1) is 13.8 Å². The van der Waals surface area contributed by atoms with Crippen LogP contribution in [0.5, 0.6) is 0 Å². The number of aryl methyl sites for hydroxylation is 1. The van der Waals surface area contributed by atoms with E-state index in [4.69, 9.17) is 15.0 Å². The van der Waals surface area contributed by atoms with Gasteiger partial charge in [0.2, 0.25) is 0 Å². The molecule has 0 aliphatic carbocycles. The van der Waals surface area contributed by atoms with Crippen molar-refractivity contribution in [2.45, 2.75) is 45.9 Å². The predicted octanol–water partition coefficient (Wildman–Crippen LogP) is 0.102. The molecule has 1 aromatic heterocycles. The molecule has 0 amide bonds. The zero-order chi connectivity index (χ0) is 17.7. The van der Waals surface area contributed by atoms with Crippen LogP contribution in [-0.2, 0) is 16.1 Å². The van der Waals surface area contributed by atoms with E-state index in [0.717, 1.165) is 6.92 Å². The lowest BCUT2D eigenvalue weighted by atomic mass is 10.1. The molecule has 0 bridgehead atoms. The Labute approximate surface area is 133 Å². The number of H-pyrrole nitrogens is 1. The van der Waals surface area contributed by atoms with Crippen molar-refractivity contribution in [3.8, 4) is 0 Å². The van der Waals surface area contributed by atoms with E-state index in [0.29, 0.717) is 29.9 Å². The van der Waals surface area contributed by atoms with E-state index < -0.39 is 24.1 Å². The van der Waals surface area contributed by atoms with Crippen molar-refractivity contribution in [3.05, 3.63) is 33.2 Å². The van der Waals surface area contributed by atoms with Crippen LogP contribution < -0.4 is 5.43 Å². The van der Waals surface area contributed by atoms with Crippen LogP contribution >= 0.6 is 0 Å². The highest BCUT2D eigenvalue weighted by Crippen LogP contribution is 2.20. The van der Waals surface area contributed by atoms with Gasteiger partial charge >= 0.3 is 5.97 Å². The Bertz CT molecular complexity index is 635. The van der Waals surface area contributed by atoms with Gasteiger partial charge in [0, 0.05) is 49.5 Å². The molecule has 1 aliphatic heterocycles. The lowest BCUT2D eigenvalue weighted by Crippen LogP contribution is -2.36. The topological polar surface area (TPSA) is 131 Å². The van der Waals surface area contributed by atoms with Crippen molar-refractivity contribution in [2.24, 2.45) is 0 Å². The lowest BCUT2D eigenvalue weighted by molar-refractivity contribution is -0.142. The summed E-state index contributed by atoms with van der Waals surface area (Å²) in [5.41, 5.74) is 1.92. The first-order chi connectivity index (χ1) is 10.6. The summed E-state index contributed by atoms with van der Waals surface area (Å²) in [6.07, 6.45) is 1.23. The number of pyridine rings is 1. The van der Waals surface area contributed by atoms with Gasteiger partial charge < -0.3 is 20.3 Å². The predicted molar refractivity (Wildman–Crippen MR) is 82.3 cm³/mol. The fourth-order valence-electron chi connectivity index (χ4n) is 2.48. The number of nitrogens with zero attached hydrogens (tertiary/aromatic N) is 1. The highest BCUT2D eigenvalue weighted by molar-refractivity contribution is 5.74. The molecule has 1 fully saturated rings. The number of carboxylic acid groups (broad SMARTS) is 2. The van der Waals surface area contributed by atoms with Crippen molar-refractivity contribution in [1.29, 1.82) is 0 Å². The third-order valence-corrected chi connectivity index (χ3v) is 3.64. The Morgan fingerprint density at radius 1 is 1.35 bits per heavy atom. The molecule has 2 heterocycles. The first-order valence-corrected chi connectivity index (χ1v) is 7.15. The van der Waals surface area contributed by atoms with Crippen LogP contribution in [0.25, 0.3) is 0 Å². The van der Waals surface area contributed by atoms with Gasteiger partial charge in [-0.3, -0.25) is 19.3 Å². The molecule has 1 aliphatic rings. The average molecular weight is 326 g/mol. The second-order valence-electron chi connectivity index (χ2n) is 5.60. The van der Waals surface area contributed by atoms with Crippen molar-refractivity contribution < 1.29 is 24.9 Å². The summed E-state index contributed by atoms with van der Waals surface area (Å²) in [5, 5.41) is 26.1. The highest BCUT2D eigenvalue weighted by atomic mass is 16.4. The van der Waals surface area contributed by atoms with Crippen LogP contribution in [0.4, 0.5) is 0 Å². The maximum atomic E-state index is 11.8. The second-order valence-corrected chi connectivity index (χ2v) is 5.60. The van der Waals surface area contributed by atoms with Gasteiger partial charge in [0.15, 0.2) is 5.43 Å². The SMILES string of the molecule is CC(=O)O.Cc1c[nH]c(CN2C[C@H](O)C[C@H]2C(=O)O)c(C)c1=O. The smallest absolute Gasteiger partial charge is 0.321 e.